The van der Waals surface area contributed by atoms with Crippen molar-refractivity contribution < 1.29 is 24.2 Å². The third kappa shape index (κ3) is 5.31. The number of aliphatic carboxylic acids is 1. The molecule has 3 N–H and O–H groups in total. The van der Waals surface area contributed by atoms with Crippen LogP contribution in [0.1, 0.15) is 93.5 Å². The third-order valence-electron chi connectivity index (χ3n) is 10.8. The van der Waals surface area contributed by atoms with E-state index < -0.39 is 17.0 Å². The molecule has 2 heterocycles. The fourth-order valence-electron chi connectivity index (χ4n) is 7.93. The Hall–Kier alpha value is -4.33. The number of nitrogens with one attached hydrogen (secondary N) is 2. The van der Waals surface area contributed by atoms with E-state index in [0.717, 1.165) is 23.3 Å². The molecule has 2 fully saturated rings. The number of carbonyl (C=O) groups is 3. The summed E-state index contributed by atoms with van der Waals surface area (Å²) in [6, 6.07) is 14.3. The van der Waals surface area contributed by atoms with Gasteiger partial charge in [0.15, 0.2) is 0 Å². The summed E-state index contributed by atoms with van der Waals surface area (Å²) in [5.74, 6) is -0.0844. The molecule has 2 aromatic carbocycles. The standard InChI is InChI=1S/C38H43N3O5/c1-37(2,27-16-13-25(14-17-27)35(43)44)40-36(45)38(19-8-20-38)39-34(42)26-15-18-28-30(23-26)41-21-22-46-31-12-7-6-11-29(31)33(41)32(28)24-9-4-3-5-10-24/h6-7,11-16,18,23-24,27H,3-5,8-10,17,19-22H2,1-2H3,(H,39,42)(H,40,45)(H,43,44). The van der Waals surface area contributed by atoms with Crippen molar-refractivity contribution >= 4 is 28.7 Å². The number of carboxylic acids is 1. The van der Waals surface area contributed by atoms with Crippen LogP contribution < -0.4 is 15.4 Å². The predicted octanol–water partition coefficient (Wildman–Crippen LogP) is 6.88. The number of hydrogen-bond donors (Lipinski definition) is 3. The Labute approximate surface area is 269 Å². The van der Waals surface area contributed by atoms with E-state index in [1.165, 1.54) is 48.7 Å². The molecule has 2 amide bonds. The number of benzene rings is 2. The highest BCUT2D eigenvalue weighted by atomic mass is 16.5. The molecule has 0 spiro atoms. The number of carbonyl (C=O) groups excluding carboxylic acids is 2. The van der Waals surface area contributed by atoms with Crippen LogP contribution in [-0.2, 0) is 16.1 Å². The van der Waals surface area contributed by atoms with Gasteiger partial charge in [0.25, 0.3) is 5.91 Å². The van der Waals surface area contributed by atoms with E-state index in [1.807, 2.05) is 44.2 Å². The number of rotatable bonds is 7. The lowest BCUT2D eigenvalue weighted by molar-refractivity contribution is -0.133. The Morgan fingerprint density at radius 3 is 2.50 bits per heavy atom. The van der Waals surface area contributed by atoms with Gasteiger partial charge in [0.2, 0.25) is 5.91 Å². The summed E-state index contributed by atoms with van der Waals surface area (Å²) >= 11 is 0. The molecule has 1 aromatic heterocycles. The number of nitrogens with zero attached hydrogens (tertiary/aromatic N) is 1. The van der Waals surface area contributed by atoms with Crippen LogP contribution in [-0.4, -0.2) is 45.1 Å². The molecule has 3 aliphatic carbocycles. The first-order valence-corrected chi connectivity index (χ1v) is 16.8. The first-order valence-electron chi connectivity index (χ1n) is 16.8. The minimum atomic E-state index is -0.972. The summed E-state index contributed by atoms with van der Waals surface area (Å²) in [7, 11) is 0. The van der Waals surface area contributed by atoms with Crippen LogP contribution in [0.15, 0.2) is 66.3 Å². The molecule has 4 aliphatic rings. The number of fused-ring (bicyclic) bond motifs is 5. The zero-order chi connectivity index (χ0) is 32.1. The monoisotopic (exact) mass is 621 g/mol. The fourth-order valence-corrected chi connectivity index (χ4v) is 7.93. The fraction of sp³-hybridized carbons (Fsp3) is 0.447. The lowest BCUT2D eigenvalue weighted by Crippen LogP contribution is -2.66. The number of para-hydroxylation sites is 1. The first kappa shape index (κ1) is 30.3. The summed E-state index contributed by atoms with van der Waals surface area (Å²) < 4.78 is 8.54. The quantitative estimate of drug-likeness (QED) is 0.266. The molecule has 46 heavy (non-hydrogen) atoms. The number of carboxylic acid groups (broad SMARTS) is 1. The van der Waals surface area contributed by atoms with Gasteiger partial charge in [0.1, 0.15) is 17.9 Å². The maximum absolute atomic E-state index is 13.9. The highest BCUT2D eigenvalue weighted by molar-refractivity contribution is 6.03. The smallest absolute Gasteiger partial charge is 0.335 e. The Morgan fingerprint density at radius 2 is 1.80 bits per heavy atom. The van der Waals surface area contributed by atoms with Crippen LogP contribution in [0.3, 0.4) is 0 Å². The highest BCUT2D eigenvalue weighted by Crippen LogP contribution is 2.47. The van der Waals surface area contributed by atoms with Crippen molar-refractivity contribution in [1.82, 2.24) is 15.2 Å². The SMILES string of the molecule is CC(C)(NC(=O)C1(NC(=O)c2ccc3c(C4CCCCC4)c4n(c3c2)CCOc2ccccc2-4)CCC1)C1C=CC(C(=O)O)=CC1. The van der Waals surface area contributed by atoms with Crippen molar-refractivity contribution in [2.45, 2.75) is 95.2 Å². The second-order valence-corrected chi connectivity index (χ2v) is 14.1. The summed E-state index contributed by atoms with van der Waals surface area (Å²) in [5, 5.41) is 16.8. The van der Waals surface area contributed by atoms with Crippen LogP contribution in [0.25, 0.3) is 22.2 Å². The largest absolute Gasteiger partial charge is 0.491 e. The molecule has 0 saturated heterocycles. The van der Waals surface area contributed by atoms with Gasteiger partial charge >= 0.3 is 5.97 Å². The van der Waals surface area contributed by atoms with Crippen LogP contribution >= 0.6 is 0 Å². The van der Waals surface area contributed by atoms with Gasteiger partial charge in [-0.15, -0.1) is 0 Å². The normalized spacial score (nSPS) is 20.7. The van der Waals surface area contributed by atoms with Crippen molar-refractivity contribution in [3.05, 3.63) is 77.4 Å². The van der Waals surface area contributed by atoms with E-state index in [1.54, 1.807) is 12.2 Å². The van der Waals surface area contributed by atoms with Crippen molar-refractivity contribution in [2.75, 3.05) is 6.61 Å². The minimum absolute atomic E-state index is 0.0631. The molecular weight excluding hydrogens is 578 g/mol. The summed E-state index contributed by atoms with van der Waals surface area (Å²) in [6.45, 7) is 5.15. The molecule has 1 unspecified atom stereocenters. The van der Waals surface area contributed by atoms with Gasteiger partial charge < -0.3 is 25.0 Å². The van der Waals surface area contributed by atoms with E-state index >= 15 is 0 Å². The second kappa shape index (κ2) is 11.8. The van der Waals surface area contributed by atoms with E-state index in [4.69, 9.17) is 4.74 Å². The molecule has 2 saturated carbocycles. The molecule has 240 valence electrons. The van der Waals surface area contributed by atoms with E-state index in [-0.39, 0.29) is 23.3 Å². The minimum Gasteiger partial charge on any atom is -0.491 e. The molecule has 8 nitrogen and oxygen atoms in total. The highest BCUT2D eigenvalue weighted by Gasteiger charge is 2.47. The summed E-state index contributed by atoms with van der Waals surface area (Å²) in [6.07, 6.45) is 13.8. The number of allylic oxidation sites excluding steroid dienone is 1. The number of ether oxygens (including phenoxy) is 1. The zero-order valence-electron chi connectivity index (χ0n) is 26.7. The molecule has 7 rings (SSSR count). The van der Waals surface area contributed by atoms with Crippen molar-refractivity contribution in [2.24, 2.45) is 5.92 Å². The maximum atomic E-state index is 13.9. The molecule has 8 heteroatoms. The Bertz CT molecular complexity index is 1770. The average molecular weight is 622 g/mol. The van der Waals surface area contributed by atoms with Gasteiger partial charge in [-0.05, 0) is 88.1 Å². The lowest BCUT2D eigenvalue weighted by atomic mass is 9.74. The molecule has 0 radical (unpaired) electrons. The van der Waals surface area contributed by atoms with Gasteiger partial charge in [-0.2, -0.15) is 0 Å². The van der Waals surface area contributed by atoms with Crippen molar-refractivity contribution in [3.63, 3.8) is 0 Å². The van der Waals surface area contributed by atoms with E-state index in [9.17, 15) is 19.5 Å². The van der Waals surface area contributed by atoms with Crippen molar-refractivity contribution in [3.8, 4) is 17.0 Å². The Kier molecular flexibility index (Phi) is 7.78. The van der Waals surface area contributed by atoms with Crippen LogP contribution in [0.5, 0.6) is 5.75 Å². The van der Waals surface area contributed by atoms with Gasteiger partial charge in [-0.1, -0.05) is 55.7 Å². The van der Waals surface area contributed by atoms with Crippen LogP contribution in [0, 0.1) is 5.92 Å². The topological polar surface area (TPSA) is 110 Å². The van der Waals surface area contributed by atoms with Crippen molar-refractivity contribution in [1.29, 1.82) is 0 Å². The van der Waals surface area contributed by atoms with Crippen LogP contribution in [0.4, 0.5) is 0 Å². The first-order chi connectivity index (χ1) is 22.2. The molecule has 3 aromatic rings. The van der Waals surface area contributed by atoms with Crippen LogP contribution in [0.2, 0.25) is 0 Å². The second-order valence-electron chi connectivity index (χ2n) is 14.1. The predicted molar refractivity (Wildman–Crippen MR) is 178 cm³/mol. The molecule has 1 aliphatic heterocycles. The van der Waals surface area contributed by atoms with E-state index in [0.29, 0.717) is 43.9 Å². The number of aromatic nitrogens is 1. The summed E-state index contributed by atoms with van der Waals surface area (Å²) in [4.78, 5) is 39.0. The number of amides is 2. The molecular formula is C38H43N3O5. The van der Waals surface area contributed by atoms with Gasteiger partial charge in [-0.3, -0.25) is 9.59 Å². The molecule has 0 bridgehead atoms. The lowest BCUT2D eigenvalue weighted by Gasteiger charge is -2.44. The Balaban J connectivity index is 1.17. The Morgan fingerprint density at radius 1 is 1.02 bits per heavy atom. The molecule has 1 atom stereocenters. The van der Waals surface area contributed by atoms with Gasteiger partial charge in [0, 0.05) is 33.5 Å². The summed E-state index contributed by atoms with van der Waals surface area (Å²) in [5.41, 5.74) is 3.94. The zero-order valence-corrected chi connectivity index (χ0v) is 26.7. The van der Waals surface area contributed by atoms with Gasteiger partial charge in [-0.25, -0.2) is 4.79 Å². The van der Waals surface area contributed by atoms with Gasteiger partial charge in [0.05, 0.1) is 17.8 Å². The number of hydrogen-bond acceptors (Lipinski definition) is 4. The average Bonchev–Trinajstić information content (AvgIpc) is 3.23. The third-order valence-corrected chi connectivity index (χ3v) is 10.8. The van der Waals surface area contributed by atoms with E-state index in [2.05, 4.69) is 33.4 Å². The maximum Gasteiger partial charge on any atom is 0.335 e.